The van der Waals surface area contributed by atoms with E-state index in [1.807, 2.05) is 57.2 Å². The van der Waals surface area contributed by atoms with E-state index in [-0.39, 0.29) is 12.0 Å². The van der Waals surface area contributed by atoms with Crippen LogP contribution in [0.5, 0.6) is 17.2 Å². The summed E-state index contributed by atoms with van der Waals surface area (Å²) in [5.41, 5.74) is 0.628. The molecule has 0 bridgehead atoms. The Kier molecular flexibility index (Phi) is 6.69. The van der Waals surface area contributed by atoms with Gasteiger partial charge < -0.3 is 19.5 Å². The van der Waals surface area contributed by atoms with Crippen LogP contribution in [0.4, 0.5) is 5.69 Å². The molecule has 5 nitrogen and oxygen atoms in total. The van der Waals surface area contributed by atoms with Crippen molar-refractivity contribution in [3.63, 3.8) is 0 Å². The molecule has 1 atom stereocenters. The first-order valence-corrected chi connectivity index (χ1v) is 8.41. The van der Waals surface area contributed by atoms with Crippen LogP contribution < -0.4 is 19.5 Å². The Balaban J connectivity index is 2.13. The number of hydrogen-bond donors (Lipinski definition) is 1. The van der Waals surface area contributed by atoms with E-state index in [4.69, 9.17) is 14.2 Å². The van der Waals surface area contributed by atoms with E-state index in [1.54, 1.807) is 19.2 Å². The fraction of sp³-hybridized carbons (Fsp3) is 0.350. The molecule has 0 radical (unpaired) electrons. The average molecular weight is 343 g/mol. The Morgan fingerprint density at radius 3 is 2.16 bits per heavy atom. The number of methoxy groups -OCH3 is 1. The van der Waals surface area contributed by atoms with Crippen LogP contribution >= 0.6 is 0 Å². The average Bonchev–Trinajstić information content (AvgIpc) is 2.61. The Labute approximate surface area is 148 Å². The summed E-state index contributed by atoms with van der Waals surface area (Å²) in [5, 5.41) is 2.89. The minimum absolute atomic E-state index is 0.0184. The van der Waals surface area contributed by atoms with Gasteiger partial charge in [-0.25, -0.2) is 0 Å². The number of amides is 1. The van der Waals surface area contributed by atoms with Crippen LogP contribution in [0.2, 0.25) is 0 Å². The van der Waals surface area contributed by atoms with Crippen LogP contribution in [0.1, 0.15) is 27.2 Å². The summed E-state index contributed by atoms with van der Waals surface area (Å²) in [6.45, 7) is 5.78. The molecule has 0 aliphatic rings. The maximum atomic E-state index is 12.7. The molecule has 1 N–H and O–H groups in total. The summed E-state index contributed by atoms with van der Waals surface area (Å²) in [7, 11) is 1.57. The molecule has 1 unspecified atom stereocenters. The number of carbonyl (C=O) groups is 1. The van der Waals surface area contributed by atoms with Gasteiger partial charge in [-0.2, -0.15) is 0 Å². The van der Waals surface area contributed by atoms with Crippen molar-refractivity contribution >= 4 is 11.6 Å². The quantitative estimate of drug-likeness (QED) is 0.777. The molecule has 5 heteroatoms. The van der Waals surface area contributed by atoms with E-state index in [2.05, 4.69) is 5.32 Å². The molecule has 0 spiro atoms. The first-order valence-electron chi connectivity index (χ1n) is 8.41. The van der Waals surface area contributed by atoms with Crippen LogP contribution in [-0.4, -0.2) is 25.2 Å². The molecule has 0 aliphatic heterocycles. The zero-order chi connectivity index (χ0) is 18.2. The second-order valence-electron chi connectivity index (χ2n) is 5.82. The Hall–Kier alpha value is -2.69. The number of benzene rings is 2. The highest BCUT2D eigenvalue weighted by Gasteiger charge is 2.21. The number of nitrogens with one attached hydrogen (secondary N) is 1. The van der Waals surface area contributed by atoms with Crippen molar-refractivity contribution in [2.24, 2.45) is 0 Å². The lowest BCUT2D eigenvalue weighted by Crippen LogP contribution is -2.32. The summed E-state index contributed by atoms with van der Waals surface area (Å²) < 4.78 is 16.9. The van der Waals surface area contributed by atoms with Crippen molar-refractivity contribution in [1.29, 1.82) is 0 Å². The van der Waals surface area contributed by atoms with Gasteiger partial charge in [-0.05, 0) is 44.5 Å². The van der Waals surface area contributed by atoms with Crippen LogP contribution in [0.15, 0.2) is 48.5 Å². The molecule has 2 aromatic carbocycles. The third-order valence-electron chi connectivity index (χ3n) is 3.51. The Morgan fingerprint density at radius 1 is 0.960 bits per heavy atom. The molecule has 25 heavy (non-hydrogen) atoms. The first-order chi connectivity index (χ1) is 12.0. The summed E-state index contributed by atoms with van der Waals surface area (Å²) in [6, 6.07) is 14.6. The van der Waals surface area contributed by atoms with Gasteiger partial charge in [-0.3, -0.25) is 4.79 Å². The zero-order valence-electron chi connectivity index (χ0n) is 15.1. The molecular formula is C20H25NO4. The van der Waals surface area contributed by atoms with E-state index >= 15 is 0 Å². The summed E-state index contributed by atoms with van der Waals surface area (Å²) in [5.74, 6) is 1.54. The van der Waals surface area contributed by atoms with E-state index < -0.39 is 6.10 Å². The lowest BCUT2D eigenvalue weighted by molar-refractivity contribution is -0.122. The van der Waals surface area contributed by atoms with E-state index in [9.17, 15) is 4.79 Å². The minimum Gasteiger partial charge on any atom is -0.493 e. The highest BCUT2D eigenvalue weighted by molar-refractivity contribution is 5.95. The third kappa shape index (κ3) is 5.14. The molecule has 0 aromatic heterocycles. The van der Waals surface area contributed by atoms with Crippen LogP contribution in [0.25, 0.3) is 0 Å². The lowest BCUT2D eigenvalue weighted by atomic mass is 10.2. The number of hydrogen-bond acceptors (Lipinski definition) is 4. The summed E-state index contributed by atoms with van der Waals surface area (Å²) in [4.78, 5) is 12.7. The largest absolute Gasteiger partial charge is 0.493 e. The third-order valence-corrected chi connectivity index (χ3v) is 3.51. The zero-order valence-corrected chi connectivity index (χ0v) is 15.1. The topological polar surface area (TPSA) is 56.8 Å². The number of carbonyl (C=O) groups excluding carboxylic acids is 1. The maximum absolute atomic E-state index is 12.7. The van der Waals surface area contributed by atoms with Crippen LogP contribution in [0.3, 0.4) is 0 Å². The number of para-hydroxylation sites is 4. The van der Waals surface area contributed by atoms with Gasteiger partial charge in [0.2, 0.25) is 0 Å². The van der Waals surface area contributed by atoms with Gasteiger partial charge in [0.15, 0.2) is 17.6 Å². The second kappa shape index (κ2) is 8.97. The highest BCUT2D eigenvalue weighted by Crippen LogP contribution is 2.29. The predicted molar refractivity (Wildman–Crippen MR) is 98.5 cm³/mol. The molecule has 0 heterocycles. The fourth-order valence-corrected chi connectivity index (χ4v) is 2.33. The van der Waals surface area contributed by atoms with Gasteiger partial charge in [0.05, 0.1) is 18.9 Å². The number of anilines is 1. The molecule has 0 aliphatic carbocycles. The number of ether oxygens (including phenoxy) is 3. The van der Waals surface area contributed by atoms with Crippen molar-refractivity contribution in [1.82, 2.24) is 0 Å². The molecule has 0 saturated carbocycles. The Bertz CT molecular complexity index is 700. The van der Waals surface area contributed by atoms with Gasteiger partial charge >= 0.3 is 0 Å². The molecule has 134 valence electrons. The predicted octanol–water partition coefficient (Wildman–Crippen LogP) is 4.28. The minimum atomic E-state index is -0.636. The maximum Gasteiger partial charge on any atom is 0.265 e. The summed E-state index contributed by atoms with van der Waals surface area (Å²) >= 11 is 0. The smallest absolute Gasteiger partial charge is 0.265 e. The van der Waals surface area contributed by atoms with Gasteiger partial charge in [-0.15, -0.1) is 0 Å². The van der Waals surface area contributed by atoms with Crippen molar-refractivity contribution in [3.8, 4) is 17.2 Å². The Morgan fingerprint density at radius 2 is 1.56 bits per heavy atom. The molecule has 0 fully saturated rings. The summed E-state index contributed by atoms with van der Waals surface area (Å²) in [6.07, 6.45) is -0.0925. The standard InChI is InChI=1S/C20H25NO4/c1-5-16(25-19-13-9-8-12-18(19)23-4)20(22)21-15-10-6-7-11-17(15)24-14(2)3/h6-14,16H,5H2,1-4H3,(H,21,22). The van der Waals surface area contributed by atoms with Crippen molar-refractivity contribution in [3.05, 3.63) is 48.5 Å². The lowest BCUT2D eigenvalue weighted by Gasteiger charge is -2.20. The van der Waals surface area contributed by atoms with Gasteiger partial charge in [0.1, 0.15) is 5.75 Å². The van der Waals surface area contributed by atoms with Gasteiger partial charge in [0.25, 0.3) is 5.91 Å². The van der Waals surface area contributed by atoms with Gasteiger partial charge in [0, 0.05) is 0 Å². The van der Waals surface area contributed by atoms with E-state index in [0.29, 0.717) is 29.4 Å². The normalized spacial score (nSPS) is 11.7. The molecule has 2 rings (SSSR count). The monoisotopic (exact) mass is 343 g/mol. The second-order valence-corrected chi connectivity index (χ2v) is 5.82. The highest BCUT2D eigenvalue weighted by atomic mass is 16.5. The van der Waals surface area contributed by atoms with Crippen molar-refractivity contribution < 1.29 is 19.0 Å². The van der Waals surface area contributed by atoms with Crippen LogP contribution in [0, 0.1) is 0 Å². The SMILES string of the molecule is CCC(Oc1ccccc1OC)C(=O)Nc1ccccc1OC(C)C. The van der Waals surface area contributed by atoms with E-state index in [0.717, 1.165) is 0 Å². The van der Waals surface area contributed by atoms with Gasteiger partial charge in [-0.1, -0.05) is 31.2 Å². The van der Waals surface area contributed by atoms with Crippen LogP contribution in [-0.2, 0) is 4.79 Å². The first kappa shape index (κ1) is 18.6. The van der Waals surface area contributed by atoms with E-state index in [1.165, 1.54) is 0 Å². The molecule has 1 amide bonds. The molecule has 2 aromatic rings. The molecule has 0 saturated heterocycles. The van der Waals surface area contributed by atoms with Crippen molar-refractivity contribution in [2.75, 3.05) is 12.4 Å². The fourth-order valence-electron chi connectivity index (χ4n) is 2.33. The molecular weight excluding hydrogens is 318 g/mol. The van der Waals surface area contributed by atoms with Crippen molar-refractivity contribution in [2.45, 2.75) is 39.4 Å². The number of rotatable bonds is 8.